The van der Waals surface area contributed by atoms with Crippen molar-refractivity contribution >= 4 is 5.91 Å². The molecular formula is C13H23N3O. The number of hydrogen-bond acceptors (Lipinski definition) is 2. The second-order valence-electron chi connectivity index (χ2n) is 5.04. The molecule has 96 valence electrons. The van der Waals surface area contributed by atoms with Gasteiger partial charge in [0.25, 0.3) is 0 Å². The number of carbonyl (C=O) groups excluding carboxylic acids is 1. The molecule has 0 aliphatic carbocycles. The van der Waals surface area contributed by atoms with Crippen LogP contribution in [0.15, 0.2) is 18.3 Å². The van der Waals surface area contributed by atoms with Crippen molar-refractivity contribution < 1.29 is 4.79 Å². The van der Waals surface area contributed by atoms with Crippen LogP contribution in [0.4, 0.5) is 0 Å². The molecule has 1 heterocycles. The molecule has 0 radical (unpaired) electrons. The van der Waals surface area contributed by atoms with Crippen molar-refractivity contribution in [3.8, 4) is 0 Å². The molecule has 0 saturated carbocycles. The predicted molar refractivity (Wildman–Crippen MR) is 69.4 cm³/mol. The van der Waals surface area contributed by atoms with Gasteiger partial charge in [-0.2, -0.15) is 0 Å². The highest BCUT2D eigenvalue weighted by Crippen LogP contribution is 2.12. The third-order valence-electron chi connectivity index (χ3n) is 2.93. The van der Waals surface area contributed by atoms with Crippen LogP contribution in [0.5, 0.6) is 0 Å². The second-order valence-corrected chi connectivity index (χ2v) is 5.04. The molecule has 0 spiro atoms. The zero-order chi connectivity index (χ0) is 12.9. The number of carbonyl (C=O) groups is 1. The number of nitrogens with two attached hydrogens (primary N) is 1. The van der Waals surface area contributed by atoms with Crippen LogP contribution in [0.2, 0.25) is 0 Å². The molecule has 0 aromatic carbocycles. The lowest BCUT2D eigenvalue weighted by Crippen LogP contribution is -2.40. The molecule has 1 amide bonds. The van der Waals surface area contributed by atoms with Gasteiger partial charge in [-0.25, -0.2) is 0 Å². The van der Waals surface area contributed by atoms with Crippen molar-refractivity contribution in [2.45, 2.75) is 40.3 Å². The van der Waals surface area contributed by atoms with E-state index < -0.39 is 5.41 Å². The molecule has 4 nitrogen and oxygen atoms in total. The van der Waals surface area contributed by atoms with E-state index in [4.69, 9.17) is 5.73 Å². The van der Waals surface area contributed by atoms with Gasteiger partial charge in [-0.15, -0.1) is 0 Å². The summed E-state index contributed by atoms with van der Waals surface area (Å²) in [5, 5.41) is 3.29. The van der Waals surface area contributed by atoms with Crippen molar-refractivity contribution in [1.29, 1.82) is 0 Å². The standard InChI is InChI=1S/C13H23N3O/c1-4-7-16-8-5-6-11(16)9-15-10-13(2,3)12(14)17/h5-6,8,15H,4,7,9-10H2,1-3H3,(H2,14,17). The van der Waals surface area contributed by atoms with Gasteiger partial charge in [0.1, 0.15) is 0 Å². The van der Waals surface area contributed by atoms with E-state index in [1.165, 1.54) is 5.69 Å². The third-order valence-corrected chi connectivity index (χ3v) is 2.93. The maximum Gasteiger partial charge on any atom is 0.224 e. The van der Waals surface area contributed by atoms with Gasteiger partial charge in [0.05, 0.1) is 5.41 Å². The molecule has 0 aliphatic heterocycles. The van der Waals surface area contributed by atoms with Gasteiger partial charge in [-0.05, 0) is 32.4 Å². The van der Waals surface area contributed by atoms with Crippen LogP contribution in [0.1, 0.15) is 32.9 Å². The van der Waals surface area contributed by atoms with Crippen molar-refractivity contribution in [2.24, 2.45) is 11.1 Å². The highest BCUT2D eigenvalue weighted by Gasteiger charge is 2.24. The Kier molecular flexibility index (Phi) is 4.75. The number of aromatic nitrogens is 1. The Labute approximate surface area is 103 Å². The van der Waals surface area contributed by atoms with Crippen LogP contribution in [0.3, 0.4) is 0 Å². The Morgan fingerprint density at radius 1 is 1.53 bits per heavy atom. The molecule has 0 aliphatic rings. The first-order chi connectivity index (χ1) is 7.97. The molecule has 0 unspecified atom stereocenters. The molecule has 0 bridgehead atoms. The van der Waals surface area contributed by atoms with Crippen LogP contribution in [0, 0.1) is 5.41 Å². The Balaban J connectivity index is 2.45. The smallest absolute Gasteiger partial charge is 0.224 e. The largest absolute Gasteiger partial charge is 0.369 e. The van der Waals surface area contributed by atoms with E-state index in [1.807, 2.05) is 19.9 Å². The lowest BCUT2D eigenvalue weighted by atomic mass is 9.93. The normalized spacial score (nSPS) is 11.7. The van der Waals surface area contributed by atoms with Crippen molar-refractivity contribution in [1.82, 2.24) is 9.88 Å². The quantitative estimate of drug-likeness (QED) is 0.755. The van der Waals surface area contributed by atoms with Gasteiger partial charge in [0.2, 0.25) is 5.91 Å². The van der Waals surface area contributed by atoms with E-state index in [0.29, 0.717) is 6.54 Å². The molecule has 0 fully saturated rings. The molecule has 1 aromatic heterocycles. The van der Waals surface area contributed by atoms with E-state index in [1.54, 1.807) is 0 Å². The summed E-state index contributed by atoms with van der Waals surface area (Å²) in [5.74, 6) is -0.269. The average Bonchev–Trinajstić information content (AvgIpc) is 2.66. The molecule has 3 N–H and O–H groups in total. The fraction of sp³-hybridized carbons (Fsp3) is 0.615. The first kappa shape index (κ1) is 13.8. The highest BCUT2D eigenvalue weighted by atomic mass is 16.1. The number of hydrogen-bond donors (Lipinski definition) is 2. The first-order valence-corrected chi connectivity index (χ1v) is 6.12. The van der Waals surface area contributed by atoms with E-state index in [9.17, 15) is 4.79 Å². The summed E-state index contributed by atoms with van der Waals surface area (Å²) in [4.78, 5) is 11.2. The highest BCUT2D eigenvalue weighted by molar-refractivity contribution is 5.80. The Bertz CT molecular complexity index is 368. The van der Waals surface area contributed by atoms with Crippen LogP contribution >= 0.6 is 0 Å². The topological polar surface area (TPSA) is 60.1 Å². The summed E-state index contributed by atoms with van der Waals surface area (Å²) in [6, 6.07) is 4.14. The number of rotatable bonds is 7. The fourth-order valence-corrected chi connectivity index (χ4v) is 1.66. The number of nitrogens with one attached hydrogen (secondary N) is 1. The van der Waals surface area contributed by atoms with Crippen molar-refractivity contribution in [3.63, 3.8) is 0 Å². The van der Waals surface area contributed by atoms with Crippen molar-refractivity contribution in [2.75, 3.05) is 6.54 Å². The second kappa shape index (κ2) is 5.87. The zero-order valence-corrected chi connectivity index (χ0v) is 11.0. The molecule has 1 rings (SSSR count). The van der Waals surface area contributed by atoms with E-state index in [2.05, 4.69) is 29.1 Å². The van der Waals surface area contributed by atoms with E-state index >= 15 is 0 Å². The van der Waals surface area contributed by atoms with Crippen LogP contribution in [-0.2, 0) is 17.9 Å². The van der Waals surface area contributed by atoms with E-state index in [-0.39, 0.29) is 5.91 Å². The van der Waals surface area contributed by atoms with Gasteiger partial charge in [0.15, 0.2) is 0 Å². The minimum absolute atomic E-state index is 0.269. The molecule has 0 atom stereocenters. The van der Waals surface area contributed by atoms with Crippen LogP contribution in [-0.4, -0.2) is 17.0 Å². The fourth-order valence-electron chi connectivity index (χ4n) is 1.66. The zero-order valence-electron chi connectivity index (χ0n) is 11.0. The molecule has 4 heteroatoms. The van der Waals surface area contributed by atoms with Crippen LogP contribution in [0.25, 0.3) is 0 Å². The number of primary amides is 1. The lowest BCUT2D eigenvalue weighted by molar-refractivity contribution is -0.125. The maximum absolute atomic E-state index is 11.2. The van der Waals surface area contributed by atoms with Gasteiger partial charge in [-0.3, -0.25) is 4.79 Å². The first-order valence-electron chi connectivity index (χ1n) is 6.12. The van der Waals surface area contributed by atoms with Crippen molar-refractivity contribution in [3.05, 3.63) is 24.0 Å². The van der Waals surface area contributed by atoms with Gasteiger partial charge in [-0.1, -0.05) is 6.92 Å². The monoisotopic (exact) mass is 237 g/mol. The minimum Gasteiger partial charge on any atom is -0.369 e. The predicted octanol–water partition coefficient (Wildman–Crippen LogP) is 1.50. The molecular weight excluding hydrogens is 214 g/mol. The average molecular weight is 237 g/mol. The minimum atomic E-state index is -0.498. The van der Waals surface area contributed by atoms with Gasteiger partial charge < -0.3 is 15.6 Å². The molecule has 17 heavy (non-hydrogen) atoms. The summed E-state index contributed by atoms with van der Waals surface area (Å²) in [7, 11) is 0. The lowest BCUT2D eigenvalue weighted by Gasteiger charge is -2.21. The Hall–Kier alpha value is -1.29. The molecule has 0 saturated heterocycles. The number of aryl methyl sites for hydroxylation is 1. The Morgan fingerprint density at radius 2 is 2.24 bits per heavy atom. The number of nitrogens with zero attached hydrogens (tertiary/aromatic N) is 1. The maximum atomic E-state index is 11.2. The third kappa shape index (κ3) is 3.89. The van der Waals surface area contributed by atoms with Gasteiger partial charge >= 0.3 is 0 Å². The summed E-state index contributed by atoms with van der Waals surface area (Å²) in [5.41, 5.74) is 6.07. The summed E-state index contributed by atoms with van der Waals surface area (Å²) in [6.45, 7) is 8.26. The summed E-state index contributed by atoms with van der Waals surface area (Å²) < 4.78 is 2.23. The molecule has 1 aromatic rings. The summed E-state index contributed by atoms with van der Waals surface area (Å²) >= 11 is 0. The SMILES string of the molecule is CCCn1cccc1CNCC(C)(C)C(N)=O. The van der Waals surface area contributed by atoms with E-state index in [0.717, 1.165) is 19.5 Å². The number of amides is 1. The van der Waals surface area contributed by atoms with Gasteiger partial charge in [0, 0.05) is 31.5 Å². The van der Waals surface area contributed by atoms with Crippen LogP contribution < -0.4 is 11.1 Å². The summed E-state index contributed by atoms with van der Waals surface area (Å²) in [6.07, 6.45) is 3.20. The Morgan fingerprint density at radius 3 is 2.82 bits per heavy atom.